The van der Waals surface area contributed by atoms with Crippen LogP contribution in [0.15, 0.2) is 4.99 Å². The molecule has 0 aromatic rings. The molecule has 0 bridgehead atoms. The maximum atomic E-state index is 5.50. The Morgan fingerprint density at radius 2 is 2.31 bits per heavy atom. The highest BCUT2D eigenvalue weighted by molar-refractivity contribution is 5.79. The Hall–Kier alpha value is -0.810. The third kappa shape index (κ3) is 3.98. The summed E-state index contributed by atoms with van der Waals surface area (Å²) in [6.07, 6.45) is 2.12. The smallest absolute Gasteiger partial charge is 0.208 e. The third-order valence-corrected chi connectivity index (χ3v) is 2.87. The van der Waals surface area contributed by atoms with Gasteiger partial charge in [-0.05, 0) is 18.3 Å². The zero-order chi connectivity index (χ0) is 12.0. The monoisotopic (exact) mass is 228 g/mol. The number of guanidine groups is 1. The number of nitrogens with zero attached hydrogens (tertiary/aromatic N) is 2. The van der Waals surface area contributed by atoms with Crippen molar-refractivity contribution in [2.75, 3.05) is 33.4 Å². The van der Waals surface area contributed by atoms with Crippen molar-refractivity contribution in [3.8, 4) is 0 Å². The van der Waals surface area contributed by atoms with E-state index in [-0.39, 0.29) is 0 Å². The Morgan fingerprint density at radius 1 is 1.56 bits per heavy atom. The third-order valence-electron chi connectivity index (χ3n) is 2.87. The first kappa shape index (κ1) is 13.3. The molecule has 1 rings (SSSR count). The molecule has 1 saturated heterocycles. The number of nitrogens with one attached hydrogen (secondary N) is 1. The van der Waals surface area contributed by atoms with Crippen molar-refractivity contribution >= 4 is 5.96 Å². The summed E-state index contributed by atoms with van der Waals surface area (Å²) in [6.45, 7) is 8.08. The average Bonchev–Trinajstić information content (AvgIpc) is 2.59. The molecule has 0 unspecified atom stereocenters. The molecule has 0 radical (unpaired) electrons. The van der Waals surface area contributed by atoms with Crippen LogP contribution in [0.1, 0.15) is 26.7 Å². The van der Waals surface area contributed by atoms with E-state index in [0.717, 1.165) is 38.6 Å². The Bertz CT molecular complexity index is 240. The minimum Gasteiger partial charge on any atom is -0.385 e. The van der Waals surface area contributed by atoms with Crippen LogP contribution >= 0.6 is 0 Å². The van der Waals surface area contributed by atoms with Gasteiger partial charge in [0.15, 0.2) is 0 Å². The predicted molar refractivity (Wildman–Crippen MR) is 66.1 cm³/mol. The maximum absolute atomic E-state index is 5.50. The molecule has 1 aliphatic heterocycles. The minimum absolute atomic E-state index is 0.365. The molecule has 0 saturated carbocycles. The number of ether oxygens (including phenoxy) is 1. The van der Waals surface area contributed by atoms with E-state index in [1.165, 1.54) is 6.42 Å². The van der Waals surface area contributed by atoms with E-state index in [4.69, 9.17) is 10.6 Å². The molecule has 5 nitrogen and oxygen atoms in total. The molecule has 0 spiro atoms. The van der Waals surface area contributed by atoms with Crippen molar-refractivity contribution in [3.05, 3.63) is 0 Å². The van der Waals surface area contributed by atoms with E-state index >= 15 is 0 Å². The number of aliphatic imine (C=N–C) groups is 1. The molecular weight excluding hydrogens is 204 g/mol. The molecule has 5 heteroatoms. The molecule has 1 aliphatic rings. The lowest BCUT2D eigenvalue weighted by molar-refractivity contribution is 0.197. The van der Waals surface area contributed by atoms with Crippen molar-refractivity contribution in [2.24, 2.45) is 16.3 Å². The van der Waals surface area contributed by atoms with Crippen LogP contribution in [0.25, 0.3) is 0 Å². The van der Waals surface area contributed by atoms with E-state index in [1.807, 2.05) is 0 Å². The van der Waals surface area contributed by atoms with Gasteiger partial charge in [0, 0.05) is 33.4 Å². The fourth-order valence-electron chi connectivity index (χ4n) is 1.92. The van der Waals surface area contributed by atoms with Gasteiger partial charge in [-0.1, -0.05) is 13.8 Å². The number of methoxy groups -OCH3 is 1. The molecule has 0 aromatic carbocycles. The van der Waals surface area contributed by atoms with Gasteiger partial charge in [0.1, 0.15) is 0 Å². The highest BCUT2D eigenvalue weighted by Crippen LogP contribution is 2.28. The molecule has 94 valence electrons. The molecule has 1 heterocycles. The zero-order valence-corrected chi connectivity index (χ0v) is 10.6. The highest BCUT2D eigenvalue weighted by Gasteiger charge is 2.30. The van der Waals surface area contributed by atoms with Gasteiger partial charge >= 0.3 is 0 Å². The van der Waals surface area contributed by atoms with E-state index in [1.54, 1.807) is 7.11 Å². The number of hydrogen-bond donors (Lipinski definition) is 2. The molecule has 0 aliphatic carbocycles. The maximum Gasteiger partial charge on any atom is 0.208 e. The number of likely N-dealkylation sites (tertiary alicyclic amines) is 1. The molecular formula is C11H24N4O. The van der Waals surface area contributed by atoms with Gasteiger partial charge in [-0.25, -0.2) is 5.84 Å². The molecule has 0 amide bonds. The van der Waals surface area contributed by atoms with Crippen LogP contribution in [0.4, 0.5) is 0 Å². The van der Waals surface area contributed by atoms with Crippen molar-refractivity contribution in [1.29, 1.82) is 0 Å². The SMILES string of the molecule is COCCCN=C(NN)N1CCC(C)(C)C1. The first-order valence-corrected chi connectivity index (χ1v) is 5.84. The van der Waals surface area contributed by atoms with Crippen LogP contribution in [0, 0.1) is 5.41 Å². The first-order valence-electron chi connectivity index (χ1n) is 5.84. The van der Waals surface area contributed by atoms with Gasteiger partial charge in [0.25, 0.3) is 0 Å². The van der Waals surface area contributed by atoms with E-state index in [2.05, 4.69) is 29.2 Å². The number of rotatable bonds is 4. The van der Waals surface area contributed by atoms with Gasteiger partial charge in [0.05, 0.1) is 0 Å². The highest BCUT2D eigenvalue weighted by atomic mass is 16.5. The van der Waals surface area contributed by atoms with Crippen LogP contribution in [0.3, 0.4) is 0 Å². The standard InChI is InChI=1S/C11H24N4O/c1-11(2)5-7-15(9-11)10(14-12)13-6-4-8-16-3/h4-9,12H2,1-3H3,(H,13,14). The van der Waals surface area contributed by atoms with Crippen LogP contribution in [-0.2, 0) is 4.74 Å². The van der Waals surface area contributed by atoms with Crippen molar-refractivity contribution in [3.63, 3.8) is 0 Å². The molecule has 3 N–H and O–H groups in total. The van der Waals surface area contributed by atoms with E-state index in [9.17, 15) is 0 Å². The summed E-state index contributed by atoms with van der Waals surface area (Å²) in [5.74, 6) is 6.31. The summed E-state index contributed by atoms with van der Waals surface area (Å²) < 4.78 is 4.98. The zero-order valence-electron chi connectivity index (χ0n) is 10.6. The summed E-state index contributed by atoms with van der Waals surface area (Å²) >= 11 is 0. The lowest BCUT2D eigenvalue weighted by atomic mass is 9.93. The fourth-order valence-corrected chi connectivity index (χ4v) is 1.92. The molecule has 0 atom stereocenters. The van der Waals surface area contributed by atoms with E-state index < -0.39 is 0 Å². The van der Waals surface area contributed by atoms with Crippen LogP contribution in [0.5, 0.6) is 0 Å². The second-order valence-corrected chi connectivity index (χ2v) is 5.03. The quantitative estimate of drug-likeness (QED) is 0.243. The van der Waals surface area contributed by atoms with Crippen LogP contribution in [0.2, 0.25) is 0 Å². The first-order chi connectivity index (χ1) is 7.59. The van der Waals surface area contributed by atoms with Gasteiger partial charge in [-0.2, -0.15) is 0 Å². The average molecular weight is 228 g/mol. The normalized spacial score (nSPS) is 20.2. The number of hydrogen-bond acceptors (Lipinski definition) is 3. The van der Waals surface area contributed by atoms with Crippen molar-refractivity contribution in [2.45, 2.75) is 26.7 Å². The Labute approximate surface area is 98.0 Å². The van der Waals surface area contributed by atoms with Crippen molar-refractivity contribution < 1.29 is 4.74 Å². The second-order valence-electron chi connectivity index (χ2n) is 5.03. The Kier molecular flexibility index (Phi) is 5.02. The van der Waals surface area contributed by atoms with Gasteiger partial charge in [-0.15, -0.1) is 0 Å². The summed E-state index contributed by atoms with van der Waals surface area (Å²) in [6, 6.07) is 0. The van der Waals surface area contributed by atoms with Gasteiger partial charge in [0.2, 0.25) is 5.96 Å². The molecule has 0 aromatic heterocycles. The summed E-state index contributed by atoms with van der Waals surface area (Å²) in [4.78, 5) is 6.67. The predicted octanol–water partition coefficient (Wildman–Crippen LogP) is 0.574. The number of hydrazine groups is 1. The largest absolute Gasteiger partial charge is 0.385 e. The Balaban J connectivity index is 2.42. The molecule has 1 fully saturated rings. The van der Waals surface area contributed by atoms with E-state index in [0.29, 0.717) is 5.41 Å². The number of nitrogens with two attached hydrogens (primary N) is 1. The topological polar surface area (TPSA) is 62.9 Å². The minimum atomic E-state index is 0.365. The Morgan fingerprint density at radius 3 is 2.81 bits per heavy atom. The lowest BCUT2D eigenvalue weighted by Crippen LogP contribution is -2.44. The molecule has 16 heavy (non-hydrogen) atoms. The van der Waals surface area contributed by atoms with Crippen molar-refractivity contribution in [1.82, 2.24) is 10.3 Å². The lowest BCUT2D eigenvalue weighted by Gasteiger charge is -2.22. The second kappa shape index (κ2) is 6.06. The van der Waals surface area contributed by atoms with Gasteiger partial charge in [-0.3, -0.25) is 10.4 Å². The fraction of sp³-hybridized carbons (Fsp3) is 0.909. The summed E-state index contributed by atoms with van der Waals surface area (Å²) in [7, 11) is 1.70. The van der Waals surface area contributed by atoms with Crippen LogP contribution < -0.4 is 11.3 Å². The summed E-state index contributed by atoms with van der Waals surface area (Å²) in [5, 5.41) is 0. The van der Waals surface area contributed by atoms with Crippen LogP contribution in [-0.4, -0.2) is 44.2 Å². The van der Waals surface area contributed by atoms with Gasteiger partial charge < -0.3 is 9.64 Å². The summed E-state index contributed by atoms with van der Waals surface area (Å²) in [5.41, 5.74) is 3.06.